The van der Waals surface area contributed by atoms with E-state index in [1.54, 1.807) is 11.3 Å². The molecule has 0 radical (unpaired) electrons. The van der Waals surface area contributed by atoms with Crippen LogP contribution in [0.1, 0.15) is 11.8 Å². The minimum Gasteiger partial charge on any atom is -0.350 e. The summed E-state index contributed by atoms with van der Waals surface area (Å²) in [5, 5.41) is 14.8. The summed E-state index contributed by atoms with van der Waals surface area (Å²) in [6.07, 6.45) is 0. The number of hydrogen-bond donors (Lipinski definition) is 1. The molecule has 3 aromatic rings. The number of carbonyl (C=O) groups excluding carboxylic acids is 1. The van der Waals surface area contributed by atoms with E-state index in [1.165, 1.54) is 11.8 Å². The van der Waals surface area contributed by atoms with Crippen molar-refractivity contribution in [1.82, 2.24) is 20.1 Å². The second-order valence-corrected chi connectivity index (χ2v) is 7.61. The van der Waals surface area contributed by atoms with E-state index in [4.69, 9.17) is 11.6 Å². The van der Waals surface area contributed by atoms with Gasteiger partial charge in [-0.2, -0.15) is 0 Å². The number of halogens is 1. The Morgan fingerprint density at radius 2 is 2.08 bits per heavy atom. The number of thiophene rings is 1. The highest BCUT2D eigenvalue weighted by molar-refractivity contribution is 7.99. The predicted molar refractivity (Wildman–Crippen MR) is 103 cm³/mol. The minimum atomic E-state index is -0.0166. The first kappa shape index (κ1) is 18.0. The molecule has 25 heavy (non-hydrogen) atoms. The fourth-order valence-electron chi connectivity index (χ4n) is 2.27. The maximum absolute atomic E-state index is 12.0. The standard InChI is InChI=1S/C17H17ClN4OS2/c1-2-22-16(12-5-7-13(18)8-6-12)20-21-17(22)25-11-15(23)19-10-14-4-3-9-24-14/h3-9H,2,10-11H2,1H3,(H,19,23). The summed E-state index contributed by atoms with van der Waals surface area (Å²) in [4.78, 5) is 13.2. The first-order chi connectivity index (χ1) is 12.2. The Balaban J connectivity index is 1.62. The van der Waals surface area contributed by atoms with E-state index in [0.29, 0.717) is 17.3 Å². The SMILES string of the molecule is CCn1c(SCC(=O)NCc2cccs2)nnc1-c1ccc(Cl)cc1. The van der Waals surface area contributed by atoms with Crippen LogP contribution < -0.4 is 5.32 Å². The highest BCUT2D eigenvalue weighted by Crippen LogP contribution is 2.25. The third-order valence-electron chi connectivity index (χ3n) is 3.51. The number of rotatable bonds is 7. The molecule has 0 atom stereocenters. The lowest BCUT2D eigenvalue weighted by Gasteiger charge is -2.07. The zero-order valence-electron chi connectivity index (χ0n) is 13.6. The zero-order chi connectivity index (χ0) is 17.6. The topological polar surface area (TPSA) is 59.8 Å². The predicted octanol–water partition coefficient (Wildman–Crippen LogP) is 4.09. The highest BCUT2D eigenvalue weighted by atomic mass is 35.5. The number of thioether (sulfide) groups is 1. The van der Waals surface area contributed by atoms with E-state index in [9.17, 15) is 4.79 Å². The largest absolute Gasteiger partial charge is 0.350 e. The molecule has 0 bridgehead atoms. The second-order valence-electron chi connectivity index (χ2n) is 5.20. The number of amides is 1. The Hall–Kier alpha value is -1.83. The van der Waals surface area contributed by atoms with Gasteiger partial charge in [-0.15, -0.1) is 21.5 Å². The van der Waals surface area contributed by atoms with Crippen molar-refractivity contribution < 1.29 is 4.79 Å². The normalized spacial score (nSPS) is 10.8. The van der Waals surface area contributed by atoms with Gasteiger partial charge in [0.05, 0.1) is 12.3 Å². The Morgan fingerprint density at radius 1 is 1.28 bits per heavy atom. The second kappa shape index (κ2) is 8.51. The van der Waals surface area contributed by atoms with Crippen molar-refractivity contribution in [3.63, 3.8) is 0 Å². The van der Waals surface area contributed by atoms with Crippen molar-refractivity contribution >= 4 is 40.6 Å². The monoisotopic (exact) mass is 392 g/mol. The summed E-state index contributed by atoms with van der Waals surface area (Å²) in [5.41, 5.74) is 0.952. The van der Waals surface area contributed by atoms with Gasteiger partial charge in [0.2, 0.25) is 5.91 Å². The molecule has 0 aliphatic heterocycles. The summed E-state index contributed by atoms with van der Waals surface area (Å²) >= 11 is 8.96. The maximum atomic E-state index is 12.0. The van der Waals surface area contributed by atoms with Crippen LogP contribution in [0.4, 0.5) is 0 Å². The Bertz CT molecular complexity index is 831. The van der Waals surface area contributed by atoms with Crippen molar-refractivity contribution in [3.05, 3.63) is 51.7 Å². The number of hydrogen-bond acceptors (Lipinski definition) is 5. The van der Waals surface area contributed by atoms with Gasteiger partial charge >= 0.3 is 0 Å². The zero-order valence-corrected chi connectivity index (χ0v) is 16.0. The lowest BCUT2D eigenvalue weighted by molar-refractivity contribution is -0.118. The van der Waals surface area contributed by atoms with E-state index in [0.717, 1.165) is 28.0 Å². The number of carbonyl (C=O) groups is 1. The molecule has 1 N–H and O–H groups in total. The number of nitrogens with zero attached hydrogens (tertiary/aromatic N) is 3. The van der Waals surface area contributed by atoms with Crippen LogP contribution in [0.15, 0.2) is 46.9 Å². The van der Waals surface area contributed by atoms with Gasteiger partial charge in [-0.25, -0.2) is 0 Å². The van der Waals surface area contributed by atoms with Gasteiger partial charge in [-0.05, 0) is 42.6 Å². The van der Waals surface area contributed by atoms with Crippen LogP contribution in [-0.2, 0) is 17.9 Å². The molecule has 0 spiro atoms. The minimum absolute atomic E-state index is 0.0166. The first-order valence-corrected chi connectivity index (χ1v) is 10.0. The van der Waals surface area contributed by atoms with Crippen molar-refractivity contribution in [1.29, 1.82) is 0 Å². The Labute approximate surface area is 159 Å². The highest BCUT2D eigenvalue weighted by Gasteiger charge is 2.14. The maximum Gasteiger partial charge on any atom is 0.230 e. The lowest BCUT2D eigenvalue weighted by atomic mass is 10.2. The molecule has 3 rings (SSSR count). The Kier molecular flexibility index (Phi) is 6.12. The van der Waals surface area contributed by atoms with Crippen molar-refractivity contribution in [2.75, 3.05) is 5.75 Å². The van der Waals surface area contributed by atoms with Crippen LogP contribution in [0.25, 0.3) is 11.4 Å². The molecular weight excluding hydrogens is 376 g/mol. The lowest BCUT2D eigenvalue weighted by Crippen LogP contribution is -2.24. The summed E-state index contributed by atoms with van der Waals surface area (Å²) in [5.74, 6) is 1.07. The Morgan fingerprint density at radius 3 is 2.76 bits per heavy atom. The van der Waals surface area contributed by atoms with Crippen molar-refractivity contribution in [2.45, 2.75) is 25.2 Å². The smallest absolute Gasteiger partial charge is 0.230 e. The summed E-state index contributed by atoms with van der Waals surface area (Å²) in [6, 6.07) is 11.5. The molecule has 0 saturated heterocycles. The van der Waals surface area contributed by atoms with Crippen LogP contribution >= 0.6 is 34.7 Å². The molecule has 8 heteroatoms. The van der Waals surface area contributed by atoms with E-state index < -0.39 is 0 Å². The summed E-state index contributed by atoms with van der Waals surface area (Å²) in [7, 11) is 0. The molecule has 0 saturated carbocycles. The number of aromatic nitrogens is 3. The van der Waals surface area contributed by atoms with Gasteiger partial charge in [0.15, 0.2) is 11.0 Å². The first-order valence-electron chi connectivity index (χ1n) is 7.78. The van der Waals surface area contributed by atoms with Gasteiger partial charge in [0, 0.05) is 22.0 Å². The third kappa shape index (κ3) is 4.62. The number of nitrogens with one attached hydrogen (secondary N) is 1. The fourth-order valence-corrected chi connectivity index (χ4v) is 3.88. The van der Waals surface area contributed by atoms with Gasteiger partial charge in [-0.1, -0.05) is 29.4 Å². The van der Waals surface area contributed by atoms with Gasteiger partial charge in [0.25, 0.3) is 0 Å². The average molecular weight is 393 g/mol. The number of benzene rings is 1. The summed E-state index contributed by atoms with van der Waals surface area (Å²) < 4.78 is 2.00. The molecular formula is C17H17ClN4OS2. The van der Waals surface area contributed by atoms with E-state index in [-0.39, 0.29) is 5.91 Å². The van der Waals surface area contributed by atoms with E-state index in [1.807, 2.05) is 53.3 Å². The average Bonchev–Trinajstić information content (AvgIpc) is 3.28. The van der Waals surface area contributed by atoms with Gasteiger partial charge in [-0.3, -0.25) is 4.79 Å². The molecule has 2 aromatic heterocycles. The molecule has 1 amide bonds. The molecule has 0 fully saturated rings. The molecule has 2 heterocycles. The van der Waals surface area contributed by atoms with Crippen LogP contribution in [0.5, 0.6) is 0 Å². The quantitative estimate of drug-likeness (QED) is 0.615. The van der Waals surface area contributed by atoms with Crippen molar-refractivity contribution in [2.24, 2.45) is 0 Å². The molecule has 130 valence electrons. The molecule has 0 unspecified atom stereocenters. The fraction of sp³-hybridized carbons (Fsp3) is 0.235. The summed E-state index contributed by atoms with van der Waals surface area (Å²) in [6.45, 7) is 3.32. The molecule has 0 aliphatic carbocycles. The molecule has 0 aliphatic rings. The van der Waals surface area contributed by atoms with Gasteiger partial charge < -0.3 is 9.88 Å². The van der Waals surface area contributed by atoms with E-state index in [2.05, 4.69) is 15.5 Å². The molecule has 5 nitrogen and oxygen atoms in total. The van der Waals surface area contributed by atoms with Crippen LogP contribution in [0, 0.1) is 0 Å². The third-order valence-corrected chi connectivity index (χ3v) is 5.60. The van der Waals surface area contributed by atoms with Crippen LogP contribution in [0.3, 0.4) is 0 Å². The van der Waals surface area contributed by atoms with Crippen LogP contribution in [0.2, 0.25) is 5.02 Å². The van der Waals surface area contributed by atoms with E-state index >= 15 is 0 Å². The molecule has 1 aromatic carbocycles. The van der Waals surface area contributed by atoms with Crippen LogP contribution in [-0.4, -0.2) is 26.4 Å². The van der Waals surface area contributed by atoms with Gasteiger partial charge in [0.1, 0.15) is 0 Å². The van der Waals surface area contributed by atoms with Crippen molar-refractivity contribution in [3.8, 4) is 11.4 Å².